The summed E-state index contributed by atoms with van der Waals surface area (Å²) in [4.78, 5) is 2.40. The molecule has 1 aromatic heterocycles. The van der Waals surface area contributed by atoms with Gasteiger partial charge in [0.05, 0.1) is 7.11 Å². The summed E-state index contributed by atoms with van der Waals surface area (Å²) < 4.78 is 11.4. The molecular weight excluding hydrogens is 238 g/mol. The molecule has 98 valence electrons. The van der Waals surface area contributed by atoms with Gasteiger partial charge in [0.15, 0.2) is 11.3 Å². The van der Waals surface area contributed by atoms with Crippen molar-refractivity contribution in [2.45, 2.75) is 12.8 Å². The van der Waals surface area contributed by atoms with Gasteiger partial charge in [0, 0.05) is 30.2 Å². The summed E-state index contributed by atoms with van der Waals surface area (Å²) in [6, 6.07) is 8.17. The summed E-state index contributed by atoms with van der Waals surface area (Å²) in [6.07, 6.45) is 4.78. The van der Waals surface area contributed by atoms with Crippen molar-refractivity contribution >= 4 is 16.5 Å². The van der Waals surface area contributed by atoms with E-state index >= 15 is 0 Å². The van der Waals surface area contributed by atoms with E-state index in [0.717, 1.165) is 22.5 Å². The largest absolute Gasteiger partial charge is 0.493 e. The highest BCUT2D eigenvalue weighted by atomic mass is 16.5. The fourth-order valence-corrected chi connectivity index (χ4v) is 3.25. The molecule has 5 rings (SSSR count). The average Bonchev–Trinajstić information content (AvgIpc) is 2.92. The highest BCUT2D eigenvalue weighted by Gasteiger charge is 2.29. The first kappa shape index (κ1) is 11.0. The second-order valence-electron chi connectivity index (χ2n) is 5.38. The zero-order chi connectivity index (χ0) is 12.8. The molecule has 19 heavy (non-hydrogen) atoms. The van der Waals surface area contributed by atoms with Gasteiger partial charge in [0.1, 0.15) is 5.76 Å². The van der Waals surface area contributed by atoms with Crippen molar-refractivity contribution in [3.63, 3.8) is 0 Å². The summed E-state index contributed by atoms with van der Waals surface area (Å²) in [6.45, 7) is 2.38. The highest BCUT2D eigenvalue weighted by Crippen LogP contribution is 2.40. The monoisotopic (exact) mass is 255 g/mol. The third kappa shape index (κ3) is 1.65. The lowest BCUT2D eigenvalue weighted by molar-refractivity contribution is 0.250. The molecule has 1 fully saturated rings. The molecule has 3 nitrogen and oxygen atoms in total. The summed E-state index contributed by atoms with van der Waals surface area (Å²) in [5.41, 5.74) is 2.22. The van der Waals surface area contributed by atoms with E-state index < -0.39 is 0 Å². The Morgan fingerprint density at radius 3 is 2.79 bits per heavy atom. The van der Waals surface area contributed by atoms with Crippen molar-refractivity contribution in [3.05, 3.63) is 36.2 Å². The highest BCUT2D eigenvalue weighted by molar-refractivity contribution is 5.86. The van der Waals surface area contributed by atoms with E-state index in [9.17, 15) is 0 Å². The minimum Gasteiger partial charge on any atom is -0.493 e. The summed E-state index contributed by atoms with van der Waals surface area (Å²) >= 11 is 0. The maximum atomic E-state index is 6.06. The van der Waals surface area contributed by atoms with Gasteiger partial charge in [-0.3, -0.25) is 0 Å². The molecule has 3 heteroatoms. The number of furan rings is 1. The van der Waals surface area contributed by atoms with Crippen molar-refractivity contribution in [1.82, 2.24) is 4.90 Å². The second kappa shape index (κ2) is 4.05. The van der Waals surface area contributed by atoms with Crippen LogP contribution in [0.1, 0.15) is 18.6 Å². The van der Waals surface area contributed by atoms with E-state index in [2.05, 4.69) is 23.2 Å². The number of piperidine rings is 1. The number of ether oxygens (including phenoxy) is 1. The van der Waals surface area contributed by atoms with Crippen LogP contribution in [0.2, 0.25) is 0 Å². The standard InChI is InChI=1S/C16H17NO2/c1-18-14-4-2-3-12-9-15(19-16(12)14)13-10-17-7-5-11(13)6-8-17/h2-4,9-11H,5-8H2,1H3. The number of hydrogen-bond acceptors (Lipinski definition) is 3. The Hall–Kier alpha value is -1.90. The predicted molar refractivity (Wildman–Crippen MR) is 75.0 cm³/mol. The molecule has 0 spiro atoms. The van der Waals surface area contributed by atoms with Gasteiger partial charge in [-0.15, -0.1) is 0 Å². The third-order valence-corrected chi connectivity index (χ3v) is 4.30. The van der Waals surface area contributed by atoms with Crippen LogP contribution in [0.3, 0.4) is 0 Å². The Morgan fingerprint density at radius 1 is 1.26 bits per heavy atom. The number of rotatable bonds is 2. The first-order chi connectivity index (χ1) is 9.35. The fourth-order valence-electron chi connectivity index (χ4n) is 3.25. The number of hydrogen-bond donors (Lipinski definition) is 0. The molecule has 0 saturated carbocycles. The van der Waals surface area contributed by atoms with E-state index in [4.69, 9.17) is 9.15 Å². The number of fused-ring (bicyclic) bond motifs is 3. The van der Waals surface area contributed by atoms with Crippen LogP contribution >= 0.6 is 0 Å². The minimum atomic E-state index is 0.663. The van der Waals surface area contributed by atoms with Crippen LogP contribution in [0.15, 0.2) is 34.9 Å². The Labute approximate surface area is 112 Å². The summed E-state index contributed by atoms with van der Waals surface area (Å²) in [5.74, 6) is 2.48. The molecule has 0 radical (unpaired) electrons. The maximum Gasteiger partial charge on any atom is 0.176 e. The molecule has 0 amide bonds. The van der Waals surface area contributed by atoms with Crippen LogP contribution in [-0.4, -0.2) is 25.1 Å². The first-order valence-electron chi connectivity index (χ1n) is 6.88. The zero-order valence-electron chi connectivity index (χ0n) is 11.1. The van der Waals surface area contributed by atoms with Crippen LogP contribution in [0.25, 0.3) is 16.5 Å². The van der Waals surface area contributed by atoms with Crippen molar-refractivity contribution in [2.75, 3.05) is 20.2 Å². The Morgan fingerprint density at radius 2 is 2.11 bits per heavy atom. The van der Waals surface area contributed by atoms with Gasteiger partial charge in [-0.05, 0) is 30.9 Å². The minimum absolute atomic E-state index is 0.663. The molecule has 0 aliphatic carbocycles. The number of nitrogens with zero attached hydrogens (tertiary/aromatic N) is 1. The third-order valence-electron chi connectivity index (χ3n) is 4.30. The maximum absolute atomic E-state index is 6.06. The molecular formula is C16H17NO2. The van der Waals surface area contributed by atoms with Gasteiger partial charge in [-0.2, -0.15) is 0 Å². The molecule has 3 aliphatic rings. The molecule has 0 atom stereocenters. The lowest BCUT2D eigenvalue weighted by atomic mass is 9.84. The van der Waals surface area contributed by atoms with Gasteiger partial charge in [-0.25, -0.2) is 0 Å². The first-order valence-corrected chi connectivity index (χ1v) is 6.88. The molecule has 0 N–H and O–H groups in total. The Balaban J connectivity index is 1.84. The summed E-state index contributed by atoms with van der Waals surface area (Å²) in [5, 5.41) is 1.12. The number of para-hydroxylation sites is 1. The lowest BCUT2D eigenvalue weighted by Crippen LogP contribution is -2.35. The van der Waals surface area contributed by atoms with E-state index in [0.29, 0.717) is 5.92 Å². The van der Waals surface area contributed by atoms with Crippen LogP contribution in [0, 0.1) is 5.92 Å². The van der Waals surface area contributed by atoms with E-state index in [-0.39, 0.29) is 0 Å². The second-order valence-corrected chi connectivity index (χ2v) is 5.38. The average molecular weight is 255 g/mol. The van der Waals surface area contributed by atoms with E-state index in [1.54, 1.807) is 7.11 Å². The van der Waals surface area contributed by atoms with Gasteiger partial charge in [0.25, 0.3) is 0 Å². The van der Waals surface area contributed by atoms with Crippen LogP contribution in [-0.2, 0) is 0 Å². The summed E-state index contributed by atoms with van der Waals surface area (Å²) in [7, 11) is 1.69. The molecule has 0 unspecified atom stereocenters. The van der Waals surface area contributed by atoms with E-state index in [1.165, 1.54) is 31.5 Å². The van der Waals surface area contributed by atoms with Gasteiger partial charge < -0.3 is 14.1 Å². The molecule has 2 bridgehead atoms. The molecule has 1 saturated heterocycles. The van der Waals surface area contributed by atoms with Gasteiger partial charge in [-0.1, -0.05) is 12.1 Å². The van der Waals surface area contributed by atoms with Crippen LogP contribution in [0.4, 0.5) is 0 Å². The van der Waals surface area contributed by atoms with Gasteiger partial charge in [0.2, 0.25) is 0 Å². The molecule has 4 heterocycles. The Bertz CT molecular complexity index is 648. The zero-order valence-corrected chi connectivity index (χ0v) is 11.1. The van der Waals surface area contributed by atoms with Crippen molar-refractivity contribution in [1.29, 1.82) is 0 Å². The lowest BCUT2D eigenvalue weighted by Gasteiger charge is -2.38. The normalized spacial score (nSPS) is 19.0. The van der Waals surface area contributed by atoms with Gasteiger partial charge >= 0.3 is 0 Å². The smallest absolute Gasteiger partial charge is 0.176 e. The number of methoxy groups -OCH3 is 1. The Kier molecular flexibility index (Phi) is 2.34. The van der Waals surface area contributed by atoms with Crippen LogP contribution < -0.4 is 4.74 Å². The SMILES string of the molecule is COc1cccc2cc(C3=CN4CCC3CC4)oc12. The van der Waals surface area contributed by atoms with E-state index in [1.807, 2.05) is 12.1 Å². The van der Waals surface area contributed by atoms with Crippen LogP contribution in [0.5, 0.6) is 5.75 Å². The fraction of sp³-hybridized carbons (Fsp3) is 0.375. The van der Waals surface area contributed by atoms with Crippen molar-refractivity contribution in [2.24, 2.45) is 5.92 Å². The topological polar surface area (TPSA) is 25.6 Å². The number of allylic oxidation sites excluding steroid dienone is 1. The molecule has 3 aliphatic heterocycles. The quantitative estimate of drug-likeness (QED) is 0.821. The van der Waals surface area contributed by atoms with Crippen molar-refractivity contribution in [3.8, 4) is 5.75 Å². The molecule has 2 aromatic rings. The number of benzene rings is 1. The van der Waals surface area contributed by atoms with Crippen molar-refractivity contribution < 1.29 is 9.15 Å². The predicted octanol–water partition coefficient (Wildman–Crippen LogP) is 3.51. The molecule has 1 aromatic carbocycles.